The molecule has 0 radical (unpaired) electrons. The maximum atomic E-state index is 11.0. The highest BCUT2D eigenvalue weighted by Crippen LogP contribution is 2.22. The van der Waals surface area contributed by atoms with Crippen LogP contribution in [0.4, 0.5) is 0 Å². The van der Waals surface area contributed by atoms with Gasteiger partial charge in [0.1, 0.15) is 0 Å². The Balaban J connectivity index is 2.98. The van der Waals surface area contributed by atoms with E-state index in [-0.39, 0.29) is 11.6 Å². The Morgan fingerprint density at radius 2 is 1.91 bits per heavy atom. The largest absolute Gasteiger partial charge is 0.289 e. The summed E-state index contributed by atoms with van der Waals surface area (Å²) in [6.07, 6.45) is 4.41. The van der Waals surface area contributed by atoms with E-state index in [4.69, 9.17) is 0 Å². The van der Waals surface area contributed by atoms with E-state index >= 15 is 0 Å². The van der Waals surface area contributed by atoms with Gasteiger partial charge in [0.15, 0.2) is 11.6 Å². The van der Waals surface area contributed by atoms with Crippen LogP contribution in [0, 0.1) is 0 Å². The molecule has 1 aliphatic carbocycles. The highest BCUT2D eigenvalue weighted by molar-refractivity contribution is 9.12. The highest BCUT2D eigenvalue weighted by atomic mass is 79.9. The van der Waals surface area contributed by atoms with E-state index in [0.29, 0.717) is 9.39 Å². The molecule has 0 N–H and O–H groups in total. The zero-order valence-corrected chi connectivity index (χ0v) is 8.16. The van der Waals surface area contributed by atoms with Crippen LogP contribution >= 0.6 is 27.7 Å². The monoisotopic (exact) mass is 232 g/mol. The Labute approximate surface area is 76.9 Å². The first-order valence-corrected chi connectivity index (χ1v) is 4.88. The summed E-state index contributed by atoms with van der Waals surface area (Å²) in [5.74, 6) is -0.252. The van der Waals surface area contributed by atoms with Gasteiger partial charge in [-0.25, -0.2) is 0 Å². The maximum Gasteiger partial charge on any atom is 0.194 e. The van der Waals surface area contributed by atoms with Crippen LogP contribution < -0.4 is 0 Å². The Bertz CT molecular complexity index is 278. The van der Waals surface area contributed by atoms with Crippen molar-refractivity contribution in [3.05, 3.63) is 21.5 Å². The van der Waals surface area contributed by atoms with E-state index in [0.717, 1.165) is 0 Å². The Kier molecular flexibility index (Phi) is 2.67. The molecule has 0 bridgehead atoms. The minimum Gasteiger partial charge on any atom is -0.289 e. The number of rotatable bonds is 1. The van der Waals surface area contributed by atoms with Crippen LogP contribution in [-0.2, 0) is 9.59 Å². The molecule has 0 saturated carbocycles. The summed E-state index contributed by atoms with van der Waals surface area (Å²) in [6, 6.07) is 0. The van der Waals surface area contributed by atoms with E-state index in [2.05, 4.69) is 15.9 Å². The summed E-state index contributed by atoms with van der Waals surface area (Å²) in [5, 5.41) is 0. The number of thioether (sulfide) groups is 1. The second kappa shape index (κ2) is 3.36. The van der Waals surface area contributed by atoms with Crippen LogP contribution in [-0.4, -0.2) is 17.8 Å². The summed E-state index contributed by atoms with van der Waals surface area (Å²) < 4.78 is 0.334. The average molecular weight is 233 g/mol. The lowest BCUT2D eigenvalue weighted by molar-refractivity contribution is -0.114. The van der Waals surface area contributed by atoms with Crippen LogP contribution in [0.15, 0.2) is 21.5 Å². The van der Waals surface area contributed by atoms with Crippen LogP contribution in [0.1, 0.15) is 0 Å². The second-order valence-electron chi connectivity index (χ2n) is 1.93. The molecule has 0 aromatic rings. The van der Waals surface area contributed by atoms with Gasteiger partial charge in [0.05, 0.1) is 9.39 Å². The zero-order chi connectivity index (χ0) is 8.43. The number of ketones is 2. The fraction of sp³-hybridized carbons (Fsp3) is 0.143. The van der Waals surface area contributed by atoms with Crippen LogP contribution in [0.5, 0.6) is 0 Å². The molecule has 0 fully saturated rings. The molecule has 0 amide bonds. The van der Waals surface area contributed by atoms with Gasteiger partial charge in [0, 0.05) is 12.2 Å². The molecule has 0 aliphatic heterocycles. The molecular weight excluding hydrogens is 228 g/mol. The molecular formula is C7H5BrO2S. The molecule has 0 saturated heterocycles. The van der Waals surface area contributed by atoms with Crippen molar-refractivity contribution in [1.82, 2.24) is 0 Å². The van der Waals surface area contributed by atoms with E-state index < -0.39 is 0 Å². The summed E-state index contributed by atoms with van der Waals surface area (Å²) >= 11 is 4.27. The fourth-order valence-corrected chi connectivity index (χ4v) is 1.48. The first-order valence-electron chi connectivity index (χ1n) is 2.86. The van der Waals surface area contributed by atoms with E-state index in [1.807, 2.05) is 0 Å². The SMILES string of the molecule is CSC1=CC(=O)C(Br)=CC1=O. The molecule has 11 heavy (non-hydrogen) atoms. The Hall–Kier alpha value is -0.350. The summed E-state index contributed by atoms with van der Waals surface area (Å²) in [6.45, 7) is 0. The zero-order valence-electron chi connectivity index (χ0n) is 5.76. The summed E-state index contributed by atoms with van der Waals surface area (Å²) in [4.78, 5) is 22.5. The van der Waals surface area contributed by atoms with Gasteiger partial charge < -0.3 is 0 Å². The lowest BCUT2D eigenvalue weighted by Crippen LogP contribution is -2.07. The third-order valence-corrected chi connectivity index (χ3v) is 2.60. The number of carbonyl (C=O) groups excluding carboxylic acids is 2. The van der Waals surface area contributed by atoms with Crippen molar-refractivity contribution < 1.29 is 9.59 Å². The number of hydrogen-bond acceptors (Lipinski definition) is 3. The molecule has 0 aromatic heterocycles. The molecule has 58 valence electrons. The lowest BCUT2D eigenvalue weighted by atomic mass is 10.2. The van der Waals surface area contributed by atoms with E-state index in [1.54, 1.807) is 6.26 Å². The van der Waals surface area contributed by atoms with Crippen molar-refractivity contribution in [3.63, 3.8) is 0 Å². The number of allylic oxidation sites excluding steroid dienone is 4. The minimum absolute atomic E-state index is 0.107. The highest BCUT2D eigenvalue weighted by Gasteiger charge is 2.16. The quantitative estimate of drug-likeness (QED) is 0.646. The van der Waals surface area contributed by atoms with Gasteiger partial charge in [-0.15, -0.1) is 11.8 Å². The average Bonchev–Trinajstić information content (AvgIpc) is 1.97. The number of halogens is 1. The van der Waals surface area contributed by atoms with Crippen molar-refractivity contribution in [2.75, 3.05) is 6.26 Å². The normalized spacial score (nSPS) is 18.0. The first kappa shape index (κ1) is 8.74. The van der Waals surface area contributed by atoms with Crippen LogP contribution in [0.3, 0.4) is 0 Å². The topological polar surface area (TPSA) is 34.1 Å². The molecule has 1 aliphatic rings. The molecule has 1 rings (SSSR count). The molecule has 2 nitrogen and oxygen atoms in total. The minimum atomic E-state index is -0.144. The maximum absolute atomic E-state index is 11.0. The number of carbonyl (C=O) groups is 2. The van der Waals surface area contributed by atoms with Crippen molar-refractivity contribution in [2.45, 2.75) is 0 Å². The Morgan fingerprint density at radius 3 is 2.45 bits per heavy atom. The van der Waals surface area contributed by atoms with Crippen molar-refractivity contribution in [3.8, 4) is 0 Å². The van der Waals surface area contributed by atoms with Crippen molar-refractivity contribution in [2.24, 2.45) is 0 Å². The molecule has 4 heteroatoms. The first-order chi connectivity index (χ1) is 5.15. The smallest absolute Gasteiger partial charge is 0.194 e. The summed E-state index contributed by atoms with van der Waals surface area (Å²) in [5.41, 5.74) is 0. The predicted molar refractivity (Wildman–Crippen MR) is 48.6 cm³/mol. The van der Waals surface area contributed by atoms with Crippen LogP contribution in [0.2, 0.25) is 0 Å². The van der Waals surface area contributed by atoms with Crippen LogP contribution in [0.25, 0.3) is 0 Å². The van der Waals surface area contributed by atoms with Crippen molar-refractivity contribution in [1.29, 1.82) is 0 Å². The van der Waals surface area contributed by atoms with Gasteiger partial charge in [0.25, 0.3) is 0 Å². The molecule has 0 atom stereocenters. The number of hydrogen-bond donors (Lipinski definition) is 0. The van der Waals surface area contributed by atoms with Gasteiger partial charge >= 0.3 is 0 Å². The molecule has 0 aromatic carbocycles. The lowest BCUT2D eigenvalue weighted by Gasteiger charge is -2.04. The van der Waals surface area contributed by atoms with Gasteiger partial charge in [0.2, 0.25) is 0 Å². The predicted octanol–water partition coefficient (Wildman–Crippen LogP) is 1.66. The Morgan fingerprint density at radius 1 is 1.27 bits per heavy atom. The van der Waals surface area contributed by atoms with Gasteiger partial charge in [-0.3, -0.25) is 9.59 Å². The second-order valence-corrected chi connectivity index (χ2v) is 3.64. The van der Waals surface area contributed by atoms with Gasteiger partial charge in [-0.05, 0) is 22.2 Å². The molecule has 0 spiro atoms. The van der Waals surface area contributed by atoms with Crippen molar-refractivity contribution >= 4 is 39.3 Å². The third-order valence-electron chi connectivity index (χ3n) is 1.22. The van der Waals surface area contributed by atoms with Gasteiger partial charge in [-0.1, -0.05) is 0 Å². The molecule has 0 unspecified atom stereocenters. The standard InChI is InChI=1S/C7H5BrO2S/c1-11-7-3-5(9)4(8)2-6(7)10/h2-3H,1H3. The fourth-order valence-electron chi connectivity index (χ4n) is 0.676. The third kappa shape index (κ3) is 1.81. The summed E-state index contributed by atoms with van der Waals surface area (Å²) in [7, 11) is 0. The van der Waals surface area contributed by atoms with Gasteiger partial charge in [-0.2, -0.15) is 0 Å². The van der Waals surface area contributed by atoms with E-state index in [1.165, 1.54) is 23.9 Å². The molecule has 0 heterocycles. The van der Waals surface area contributed by atoms with E-state index in [9.17, 15) is 9.59 Å².